The largest absolute Gasteiger partial charge is 0.478 e. The Morgan fingerprint density at radius 2 is 1.73 bits per heavy atom. The highest BCUT2D eigenvalue weighted by Crippen LogP contribution is 2.12. The van der Waals surface area contributed by atoms with E-state index >= 15 is 0 Å². The Morgan fingerprint density at radius 3 is 2.20 bits per heavy atom. The molecule has 0 radical (unpaired) electrons. The Labute approximate surface area is 176 Å². The van der Waals surface area contributed by atoms with Crippen LogP contribution in [-0.2, 0) is 0 Å². The second kappa shape index (κ2) is 10.9. The van der Waals surface area contributed by atoms with E-state index in [1.165, 1.54) is 23.3 Å². The number of aromatic nitrogens is 1. The van der Waals surface area contributed by atoms with Crippen LogP contribution in [0, 0.1) is 0 Å². The van der Waals surface area contributed by atoms with Gasteiger partial charge in [0.05, 0.1) is 34.6 Å². The standard InChI is InChI=1S/C19H33N7O4/c1-13(24-29)18(2,3)22-9-6-10-23-19(4,5)15(25-30)12-26(20)16-8-7-14(11-21-16)17(27)28/h7-8,11,22-23,29-30H,6,9-10,12,20H2,1-5H3,(H,27,28)/b24-13+,25-15+. The Hall–Kier alpha value is -2.76. The molecular weight excluding hydrogens is 390 g/mol. The maximum Gasteiger partial charge on any atom is 0.337 e. The zero-order valence-corrected chi connectivity index (χ0v) is 18.2. The lowest BCUT2D eigenvalue weighted by atomic mass is 9.97. The van der Waals surface area contributed by atoms with Crippen molar-refractivity contribution in [1.82, 2.24) is 15.6 Å². The van der Waals surface area contributed by atoms with E-state index in [-0.39, 0.29) is 12.1 Å². The molecule has 1 aromatic rings. The molecule has 7 N–H and O–H groups in total. The Bertz CT molecular complexity index is 761. The Balaban J connectivity index is 2.59. The molecule has 168 valence electrons. The summed E-state index contributed by atoms with van der Waals surface area (Å²) >= 11 is 0. The number of oxime groups is 2. The lowest BCUT2D eigenvalue weighted by molar-refractivity contribution is 0.0696. The third-order valence-corrected chi connectivity index (χ3v) is 4.99. The van der Waals surface area contributed by atoms with Gasteiger partial charge in [-0.3, -0.25) is 5.01 Å². The maximum atomic E-state index is 10.9. The third-order valence-electron chi connectivity index (χ3n) is 4.99. The number of carboxylic acids is 1. The molecule has 1 aromatic heterocycles. The van der Waals surface area contributed by atoms with Gasteiger partial charge in [-0.05, 0) is 66.3 Å². The second-order valence-electron chi connectivity index (χ2n) is 8.03. The predicted molar refractivity (Wildman–Crippen MR) is 116 cm³/mol. The van der Waals surface area contributed by atoms with Crippen molar-refractivity contribution >= 4 is 23.2 Å². The van der Waals surface area contributed by atoms with E-state index in [9.17, 15) is 10.0 Å². The van der Waals surface area contributed by atoms with Crippen LogP contribution in [0.3, 0.4) is 0 Å². The number of hydrogen-bond donors (Lipinski definition) is 6. The van der Waals surface area contributed by atoms with E-state index in [1.807, 2.05) is 27.7 Å². The van der Waals surface area contributed by atoms with Gasteiger partial charge < -0.3 is 26.2 Å². The summed E-state index contributed by atoms with van der Waals surface area (Å²) in [5.41, 5.74) is -0.0111. The van der Waals surface area contributed by atoms with Crippen LogP contribution in [0.15, 0.2) is 28.6 Å². The Morgan fingerprint density at radius 1 is 1.13 bits per heavy atom. The van der Waals surface area contributed by atoms with Crippen LogP contribution in [0.25, 0.3) is 0 Å². The number of anilines is 1. The number of carbonyl (C=O) groups is 1. The minimum absolute atomic E-state index is 0.0578. The topological polar surface area (TPSA) is 169 Å². The molecule has 1 heterocycles. The first-order chi connectivity index (χ1) is 13.9. The second-order valence-corrected chi connectivity index (χ2v) is 8.03. The molecule has 11 heteroatoms. The number of hydrazine groups is 1. The molecule has 1 rings (SSSR count). The molecule has 0 aliphatic carbocycles. The van der Waals surface area contributed by atoms with Crippen LogP contribution < -0.4 is 21.5 Å². The van der Waals surface area contributed by atoms with E-state index in [4.69, 9.17) is 16.2 Å². The van der Waals surface area contributed by atoms with Gasteiger partial charge in [0.15, 0.2) is 0 Å². The van der Waals surface area contributed by atoms with Crippen molar-refractivity contribution in [2.24, 2.45) is 16.2 Å². The van der Waals surface area contributed by atoms with Crippen LogP contribution in [-0.4, -0.2) is 68.6 Å². The van der Waals surface area contributed by atoms with Crippen molar-refractivity contribution in [1.29, 1.82) is 0 Å². The van der Waals surface area contributed by atoms with Crippen LogP contribution in [0.5, 0.6) is 0 Å². The van der Waals surface area contributed by atoms with E-state index < -0.39 is 17.0 Å². The molecule has 0 saturated carbocycles. The number of pyridine rings is 1. The van der Waals surface area contributed by atoms with Gasteiger partial charge in [-0.1, -0.05) is 10.3 Å². The summed E-state index contributed by atoms with van der Waals surface area (Å²) in [6.07, 6.45) is 2.00. The van der Waals surface area contributed by atoms with E-state index in [0.29, 0.717) is 30.3 Å². The Kier molecular flexibility index (Phi) is 9.15. The van der Waals surface area contributed by atoms with E-state index in [2.05, 4.69) is 25.9 Å². The van der Waals surface area contributed by atoms with Crippen molar-refractivity contribution in [3.63, 3.8) is 0 Å². The monoisotopic (exact) mass is 423 g/mol. The number of nitrogens with one attached hydrogen (secondary N) is 2. The fourth-order valence-electron chi connectivity index (χ4n) is 2.52. The van der Waals surface area contributed by atoms with Crippen molar-refractivity contribution in [3.8, 4) is 0 Å². The molecule has 0 unspecified atom stereocenters. The zero-order chi connectivity index (χ0) is 22.9. The molecule has 0 aliphatic heterocycles. The molecule has 0 aliphatic rings. The average Bonchev–Trinajstić information content (AvgIpc) is 2.70. The van der Waals surface area contributed by atoms with Crippen molar-refractivity contribution < 1.29 is 20.3 Å². The molecule has 0 saturated heterocycles. The number of rotatable bonds is 12. The fourth-order valence-corrected chi connectivity index (χ4v) is 2.52. The fraction of sp³-hybridized carbons (Fsp3) is 0.579. The molecule has 0 bridgehead atoms. The molecule has 0 aromatic carbocycles. The van der Waals surface area contributed by atoms with Gasteiger partial charge in [0.1, 0.15) is 5.82 Å². The van der Waals surface area contributed by atoms with Gasteiger partial charge >= 0.3 is 5.97 Å². The minimum atomic E-state index is -1.07. The smallest absolute Gasteiger partial charge is 0.337 e. The molecule has 0 amide bonds. The van der Waals surface area contributed by atoms with E-state index in [1.54, 1.807) is 6.92 Å². The van der Waals surface area contributed by atoms with Crippen molar-refractivity contribution in [3.05, 3.63) is 23.9 Å². The highest BCUT2D eigenvalue weighted by Gasteiger charge is 2.27. The van der Waals surface area contributed by atoms with Crippen molar-refractivity contribution in [2.45, 2.75) is 52.1 Å². The van der Waals surface area contributed by atoms with Crippen LogP contribution in [0.4, 0.5) is 5.82 Å². The summed E-state index contributed by atoms with van der Waals surface area (Å²) < 4.78 is 0. The highest BCUT2D eigenvalue weighted by atomic mass is 16.4. The van der Waals surface area contributed by atoms with Crippen LogP contribution in [0.2, 0.25) is 0 Å². The first kappa shape index (κ1) is 25.3. The number of nitrogens with two attached hydrogens (primary N) is 1. The van der Waals surface area contributed by atoms with Crippen LogP contribution in [0.1, 0.15) is 51.4 Å². The lowest BCUT2D eigenvalue weighted by Gasteiger charge is -2.30. The van der Waals surface area contributed by atoms with Gasteiger partial charge in [0, 0.05) is 6.20 Å². The summed E-state index contributed by atoms with van der Waals surface area (Å²) in [6.45, 7) is 10.8. The number of nitrogens with zero attached hydrogens (tertiary/aromatic N) is 4. The molecule has 0 spiro atoms. The third kappa shape index (κ3) is 7.25. The average molecular weight is 424 g/mol. The van der Waals surface area contributed by atoms with Gasteiger partial charge in [-0.2, -0.15) is 0 Å². The number of aromatic carboxylic acids is 1. The molecule has 11 nitrogen and oxygen atoms in total. The van der Waals surface area contributed by atoms with Gasteiger partial charge in [-0.25, -0.2) is 15.6 Å². The van der Waals surface area contributed by atoms with Gasteiger partial charge in [0.2, 0.25) is 0 Å². The molecule has 30 heavy (non-hydrogen) atoms. The van der Waals surface area contributed by atoms with Crippen LogP contribution >= 0.6 is 0 Å². The normalized spacial score (nSPS) is 13.4. The maximum absolute atomic E-state index is 10.9. The SMILES string of the molecule is C/C(=N\O)C(C)(C)NCCCNC(C)(C)/C(CN(N)c1ccc(C(=O)O)cn1)=N/O. The molecular formula is C19H33N7O4. The van der Waals surface area contributed by atoms with Gasteiger partial charge in [-0.15, -0.1) is 0 Å². The molecule has 0 atom stereocenters. The summed E-state index contributed by atoms with van der Waals surface area (Å²) in [5.74, 6) is 5.30. The van der Waals surface area contributed by atoms with Crippen molar-refractivity contribution in [2.75, 3.05) is 24.6 Å². The summed E-state index contributed by atoms with van der Waals surface area (Å²) in [6, 6.07) is 2.89. The summed E-state index contributed by atoms with van der Waals surface area (Å²) in [7, 11) is 0. The predicted octanol–water partition coefficient (Wildman–Crippen LogP) is 1.27. The van der Waals surface area contributed by atoms with E-state index in [0.717, 1.165) is 6.42 Å². The number of hydrogen-bond acceptors (Lipinski definition) is 10. The van der Waals surface area contributed by atoms with Gasteiger partial charge in [0.25, 0.3) is 0 Å². The zero-order valence-electron chi connectivity index (χ0n) is 18.2. The first-order valence-electron chi connectivity index (χ1n) is 9.56. The summed E-state index contributed by atoms with van der Waals surface area (Å²) in [4.78, 5) is 14.9. The number of carboxylic acid groups (broad SMARTS) is 1. The minimum Gasteiger partial charge on any atom is -0.478 e. The quantitative estimate of drug-likeness (QED) is 0.0952. The first-order valence-corrected chi connectivity index (χ1v) is 9.56. The molecule has 0 fully saturated rings. The highest BCUT2D eigenvalue weighted by molar-refractivity contribution is 5.96. The lowest BCUT2D eigenvalue weighted by Crippen LogP contribution is -2.53. The summed E-state index contributed by atoms with van der Waals surface area (Å²) in [5, 5.41) is 41.9.